The SMILES string of the molecule is CCNc1nnc(C(=O)N2CCSCC2S(=O)(=O)CC)s1. The monoisotopic (exact) mass is 350 g/mol. The van der Waals surface area contributed by atoms with Gasteiger partial charge in [-0.2, -0.15) is 11.8 Å². The van der Waals surface area contributed by atoms with E-state index < -0.39 is 15.2 Å². The second-order valence-corrected chi connectivity index (χ2v) is 9.00. The zero-order valence-electron chi connectivity index (χ0n) is 11.9. The molecule has 1 aromatic heterocycles. The van der Waals surface area contributed by atoms with Crippen LogP contribution < -0.4 is 5.32 Å². The summed E-state index contributed by atoms with van der Waals surface area (Å²) in [5.41, 5.74) is 0. The highest BCUT2D eigenvalue weighted by atomic mass is 32.2. The van der Waals surface area contributed by atoms with Gasteiger partial charge in [-0.05, 0) is 6.92 Å². The van der Waals surface area contributed by atoms with Gasteiger partial charge in [-0.15, -0.1) is 10.2 Å². The minimum Gasteiger partial charge on any atom is -0.360 e. The minimum absolute atomic E-state index is 0.0285. The molecule has 21 heavy (non-hydrogen) atoms. The summed E-state index contributed by atoms with van der Waals surface area (Å²) < 4.78 is 24.3. The number of sulfone groups is 1. The third kappa shape index (κ3) is 3.67. The first-order valence-electron chi connectivity index (χ1n) is 6.67. The topological polar surface area (TPSA) is 92.3 Å². The Labute approximate surface area is 132 Å². The van der Waals surface area contributed by atoms with E-state index >= 15 is 0 Å². The average Bonchev–Trinajstić information content (AvgIpc) is 2.95. The maximum absolute atomic E-state index is 12.5. The maximum Gasteiger partial charge on any atom is 0.286 e. The van der Waals surface area contributed by atoms with E-state index in [0.717, 1.165) is 17.1 Å². The average molecular weight is 350 g/mol. The third-order valence-electron chi connectivity index (χ3n) is 3.10. The number of aromatic nitrogens is 2. The van der Waals surface area contributed by atoms with E-state index in [4.69, 9.17) is 0 Å². The fourth-order valence-electron chi connectivity index (χ4n) is 1.96. The molecule has 0 radical (unpaired) electrons. The molecular formula is C11H18N4O3S3. The first-order chi connectivity index (χ1) is 9.99. The number of nitrogens with one attached hydrogen (secondary N) is 1. The smallest absolute Gasteiger partial charge is 0.286 e. The summed E-state index contributed by atoms with van der Waals surface area (Å²) in [4.78, 5) is 13.9. The molecule has 1 fully saturated rings. The number of carbonyl (C=O) groups excluding carboxylic acids is 1. The van der Waals surface area contributed by atoms with Crippen LogP contribution in [0.3, 0.4) is 0 Å². The van der Waals surface area contributed by atoms with Crippen LogP contribution in [0.1, 0.15) is 23.6 Å². The number of anilines is 1. The highest BCUT2D eigenvalue weighted by Gasteiger charge is 2.37. The van der Waals surface area contributed by atoms with Crippen molar-refractivity contribution in [2.75, 3.05) is 35.7 Å². The fourth-order valence-corrected chi connectivity index (χ4v) is 5.69. The molecule has 2 rings (SSSR count). The van der Waals surface area contributed by atoms with Crippen LogP contribution in [-0.4, -0.2) is 65.1 Å². The lowest BCUT2D eigenvalue weighted by atomic mass is 10.4. The van der Waals surface area contributed by atoms with Crippen molar-refractivity contribution in [1.29, 1.82) is 0 Å². The van der Waals surface area contributed by atoms with Crippen LogP contribution in [0.25, 0.3) is 0 Å². The Kier molecular flexibility index (Phi) is 5.44. The van der Waals surface area contributed by atoms with Crippen LogP contribution in [0.2, 0.25) is 0 Å². The molecule has 1 aliphatic heterocycles. The third-order valence-corrected chi connectivity index (χ3v) is 7.26. The normalized spacial score (nSPS) is 19.5. The largest absolute Gasteiger partial charge is 0.360 e. The molecule has 1 aromatic rings. The predicted octanol–water partition coefficient (Wildman–Crippen LogP) is 0.920. The Bertz CT molecular complexity index is 602. The highest BCUT2D eigenvalue weighted by Crippen LogP contribution is 2.25. The van der Waals surface area contributed by atoms with E-state index in [1.807, 2.05) is 6.92 Å². The molecule has 0 bridgehead atoms. The zero-order chi connectivity index (χ0) is 15.5. The van der Waals surface area contributed by atoms with Gasteiger partial charge in [0.05, 0.1) is 0 Å². The van der Waals surface area contributed by atoms with Crippen LogP contribution in [0, 0.1) is 0 Å². The second-order valence-electron chi connectivity index (χ2n) is 4.42. The molecule has 1 unspecified atom stereocenters. The molecule has 1 amide bonds. The Morgan fingerprint density at radius 2 is 2.19 bits per heavy atom. The number of carbonyl (C=O) groups is 1. The van der Waals surface area contributed by atoms with Gasteiger partial charge in [0.25, 0.3) is 5.91 Å². The van der Waals surface area contributed by atoms with Crippen LogP contribution in [0.5, 0.6) is 0 Å². The van der Waals surface area contributed by atoms with Crippen molar-refractivity contribution in [2.24, 2.45) is 0 Å². The molecular weight excluding hydrogens is 332 g/mol. The van der Waals surface area contributed by atoms with Gasteiger partial charge in [0.15, 0.2) is 9.84 Å². The van der Waals surface area contributed by atoms with Crippen LogP contribution in [0.4, 0.5) is 5.13 Å². The number of thioether (sulfide) groups is 1. The van der Waals surface area contributed by atoms with Crippen LogP contribution in [-0.2, 0) is 9.84 Å². The van der Waals surface area contributed by atoms with Gasteiger partial charge in [-0.3, -0.25) is 4.79 Å². The molecule has 1 saturated heterocycles. The van der Waals surface area contributed by atoms with Crippen LogP contribution in [0.15, 0.2) is 0 Å². The summed E-state index contributed by atoms with van der Waals surface area (Å²) in [5, 5.41) is 10.8. The van der Waals surface area contributed by atoms with Crippen LogP contribution >= 0.6 is 23.1 Å². The van der Waals surface area contributed by atoms with Crippen molar-refractivity contribution in [3.05, 3.63) is 5.01 Å². The second kappa shape index (κ2) is 6.93. The van der Waals surface area contributed by atoms with Gasteiger partial charge in [0.1, 0.15) is 5.37 Å². The van der Waals surface area contributed by atoms with Crippen molar-refractivity contribution in [3.63, 3.8) is 0 Å². The highest BCUT2D eigenvalue weighted by molar-refractivity contribution is 8.01. The summed E-state index contributed by atoms with van der Waals surface area (Å²) in [7, 11) is -3.30. The number of rotatable bonds is 5. The molecule has 10 heteroatoms. The Balaban J connectivity index is 2.22. The van der Waals surface area contributed by atoms with Crippen molar-refractivity contribution < 1.29 is 13.2 Å². The van der Waals surface area contributed by atoms with Gasteiger partial charge >= 0.3 is 0 Å². The number of nitrogens with zero attached hydrogens (tertiary/aromatic N) is 3. The molecule has 0 aromatic carbocycles. The summed E-state index contributed by atoms with van der Waals surface area (Å²) in [5.74, 6) is 0.834. The Morgan fingerprint density at radius 1 is 1.43 bits per heavy atom. The van der Waals surface area contributed by atoms with Gasteiger partial charge < -0.3 is 10.2 Å². The fraction of sp³-hybridized carbons (Fsp3) is 0.727. The standard InChI is InChI=1S/C11H18N4O3S3/c1-3-12-11-14-13-9(20-11)10(16)15-5-6-19-7-8(15)21(17,18)4-2/h8H,3-7H2,1-2H3,(H,12,14). The Morgan fingerprint density at radius 3 is 2.86 bits per heavy atom. The summed E-state index contributed by atoms with van der Waals surface area (Å²) >= 11 is 2.71. The maximum atomic E-state index is 12.5. The van der Waals surface area contributed by atoms with Crippen molar-refractivity contribution in [1.82, 2.24) is 15.1 Å². The molecule has 0 spiro atoms. The lowest BCUT2D eigenvalue weighted by Gasteiger charge is -2.33. The number of amides is 1. The van der Waals surface area contributed by atoms with E-state index in [1.165, 1.54) is 4.90 Å². The lowest BCUT2D eigenvalue weighted by Crippen LogP contribution is -2.50. The summed E-state index contributed by atoms with van der Waals surface area (Å²) in [6.45, 7) is 4.64. The molecule has 1 aliphatic rings. The van der Waals surface area contributed by atoms with Crippen molar-refractivity contribution >= 4 is 44.0 Å². The minimum atomic E-state index is -3.30. The first kappa shape index (κ1) is 16.5. The van der Waals surface area contributed by atoms with E-state index in [9.17, 15) is 13.2 Å². The molecule has 0 saturated carbocycles. The lowest BCUT2D eigenvalue weighted by molar-refractivity contribution is 0.0748. The first-order valence-corrected chi connectivity index (χ1v) is 10.4. The van der Waals surface area contributed by atoms with Crippen molar-refractivity contribution in [2.45, 2.75) is 19.2 Å². The van der Waals surface area contributed by atoms with E-state index in [-0.39, 0.29) is 16.7 Å². The molecule has 118 valence electrons. The van der Waals surface area contributed by atoms with E-state index in [1.54, 1.807) is 18.7 Å². The zero-order valence-corrected chi connectivity index (χ0v) is 14.4. The van der Waals surface area contributed by atoms with Crippen molar-refractivity contribution in [3.8, 4) is 0 Å². The molecule has 1 atom stereocenters. The number of hydrogen-bond donors (Lipinski definition) is 1. The predicted molar refractivity (Wildman–Crippen MR) is 85.7 cm³/mol. The molecule has 2 heterocycles. The van der Waals surface area contributed by atoms with E-state index in [0.29, 0.717) is 24.0 Å². The molecule has 0 aliphatic carbocycles. The van der Waals surface area contributed by atoms with E-state index in [2.05, 4.69) is 15.5 Å². The molecule has 7 nitrogen and oxygen atoms in total. The van der Waals surface area contributed by atoms with Gasteiger partial charge in [-0.25, -0.2) is 8.42 Å². The Hall–Kier alpha value is -0.870. The quantitative estimate of drug-likeness (QED) is 0.844. The summed E-state index contributed by atoms with van der Waals surface area (Å²) in [6, 6.07) is 0. The summed E-state index contributed by atoms with van der Waals surface area (Å²) in [6.07, 6.45) is 0. The van der Waals surface area contributed by atoms with Gasteiger partial charge in [0, 0.05) is 30.3 Å². The van der Waals surface area contributed by atoms with Gasteiger partial charge in [-0.1, -0.05) is 18.3 Å². The molecule has 1 N–H and O–H groups in total. The van der Waals surface area contributed by atoms with Gasteiger partial charge in [0.2, 0.25) is 10.1 Å². The number of hydrogen-bond acceptors (Lipinski definition) is 8.